The molecule has 0 bridgehead atoms. The van der Waals surface area contributed by atoms with E-state index in [-0.39, 0.29) is 47.1 Å². The van der Waals surface area contributed by atoms with E-state index in [9.17, 15) is 5.48 Å². The van der Waals surface area contributed by atoms with Gasteiger partial charge in [0.1, 0.15) is 0 Å². The highest BCUT2D eigenvalue weighted by Crippen LogP contribution is 2.53. The number of nitrogens with zero attached hydrogens (tertiary/aromatic N) is 4. The molecule has 0 spiro atoms. The molecule has 4 nitrogen and oxygen atoms in total. The molecule has 0 unspecified atom stereocenters. The highest BCUT2D eigenvalue weighted by Gasteiger charge is 2.45. The van der Waals surface area contributed by atoms with Crippen LogP contribution < -0.4 is 26.2 Å². The second-order valence-corrected chi connectivity index (χ2v) is 29.1. The fourth-order valence-electron chi connectivity index (χ4n) is 15.2. The minimum atomic E-state index is -0.337. The van der Waals surface area contributed by atoms with E-state index in [2.05, 4.69) is 348 Å². The Hall–Kier alpha value is -10.9. The van der Waals surface area contributed by atoms with Crippen LogP contribution in [0, 0.1) is 0 Å². The first-order valence-electron chi connectivity index (χ1n) is 35.4. The van der Waals surface area contributed by atoms with Crippen LogP contribution in [0.4, 0.5) is 34.1 Å². The lowest BCUT2D eigenvalue weighted by molar-refractivity contribution is 0.569. The third-order valence-corrected chi connectivity index (χ3v) is 20.0. The fraction of sp³-hybridized carbons (Fsp3) is 0.133. The van der Waals surface area contributed by atoms with Gasteiger partial charge in [-0.1, -0.05) is 275 Å². The monoisotopic (exact) mass is 1230 g/mol. The molecular formula is C90H75BN4. The number of para-hydroxylation sites is 4. The third kappa shape index (κ3) is 9.57. The van der Waals surface area contributed by atoms with E-state index >= 15 is 0 Å². The summed E-state index contributed by atoms with van der Waals surface area (Å²) in [4.78, 5) is 5.12. The van der Waals surface area contributed by atoms with Gasteiger partial charge in [0.2, 0.25) is 0 Å². The van der Waals surface area contributed by atoms with Crippen molar-refractivity contribution in [2.75, 3.05) is 9.80 Å². The van der Waals surface area contributed by atoms with Crippen molar-refractivity contribution >= 4 is 101 Å². The first kappa shape index (κ1) is 53.6. The van der Waals surface area contributed by atoms with Crippen molar-refractivity contribution in [3.05, 3.63) is 308 Å². The molecule has 0 atom stereocenters. The molecule has 13 aromatic carbocycles. The molecule has 0 saturated carbocycles. The molecule has 2 aromatic heterocycles. The van der Waals surface area contributed by atoms with Crippen LogP contribution in [0.2, 0.25) is 0 Å². The van der Waals surface area contributed by atoms with Gasteiger partial charge in [-0.2, -0.15) is 0 Å². The number of anilines is 6. The Morgan fingerprint density at radius 1 is 0.295 bits per heavy atom. The van der Waals surface area contributed by atoms with Gasteiger partial charge in [0.15, 0.2) is 0 Å². The molecule has 0 radical (unpaired) electrons. The molecule has 458 valence electrons. The van der Waals surface area contributed by atoms with Crippen molar-refractivity contribution < 1.29 is 5.48 Å². The summed E-state index contributed by atoms with van der Waals surface area (Å²) in [6.07, 6.45) is 0. The predicted octanol–water partition coefficient (Wildman–Crippen LogP) is 22.5. The van der Waals surface area contributed by atoms with Crippen molar-refractivity contribution in [1.29, 1.82) is 0 Å². The van der Waals surface area contributed by atoms with Crippen LogP contribution in [0.15, 0.2) is 291 Å². The molecule has 0 saturated heterocycles. The number of rotatable bonds is 8. The second kappa shape index (κ2) is 21.9. The molecular weight excluding hydrogens is 1150 g/mol. The Morgan fingerprint density at radius 3 is 1.39 bits per heavy atom. The summed E-state index contributed by atoms with van der Waals surface area (Å²) >= 11 is 0. The maximum absolute atomic E-state index is 9.94. The smallest absolute Gasteiger partial charge is 0.252 e. The van der Waals surface area contributed by atoms with Crippen molar-refractivity contribution in [3.8, 4) is 55.9 Å². The molecule has 95 heavy (non-hydrogen) atoms. The van der Waals surface area contributed by atoms with Crippen LogP contribution in [-0.4, -0.2) is 15.8 Å². The van der Waals surface area contributed by atoms with E-state index < -0.39 is 0 Å². The average Bonchev–Trinajstić information content (AvgIpc) is 0.991. The summed E-state index contributed by atoms with van der Waals surface area (Å²) in [6.45, 7) is 20.6. The van der Waals surface area contributed by atoms with Crippen LogP contribution >= 0.6 is 0 Å². The summed E-state index contributed by atoms with van der Waals surface area (Å²) in [5.41, 5.74) is 26.9. The Bertz CT molecular complexity index is 5670. The summed E-state index contributed by atoms with van der Waals surface area (Å²) in [5.74, 6) is 0. The lowest BCUT2D eigenvalue weighted by Gasteiger charge is -2.46. The average molecular weight is 1230 g/mol. The molecule has 5 heteroatoms. The second-order valence-electron chi connectivity index (χ2n) is 29.1. The van der Waals surface area contributed by atoms with Crippen LogP contribution in [0.3, 0.4) is 0 Å². The Balaban J connectivity index is 0.988. The molecule has 2 aliphatic heterocycles. The first-order valence-corrected chi connectivity index (χ1v) is 33.4. The minimum Gasteiger partial charge on any atom is -0.311 e. The van der Waals surface area contributed by atoms with Gasteiger partial charge in [-0.05, 0) is 162 Å². The summed E-state index contributed by atoms with van der Waals surface area (Å²) in [7, 11) is 0. The van der Waals surface area contributed by atoms with E-state index in [1.807, 2.05) is 0 Å². The zero-order valence-corrected chi connectivity index (χ0v) is 55.3. The number of benzene rings is 13. The summed E-state index contributed by atoms with van der Waals surface area (Å²) < 4.78 is 42.7. The van der Waals surface area contributed by atoms with Crippen molar-refractivity contribution in [2.45, 2.75) is 78.6 Å². The first-order chi connectivity index (χ1) is 47.7. The molecule has 0 fully saturated rings. The zero-order chi connectivity index (χ0) is 68.1. The van der Waals surface area contributed by atoms with Crippen molar-refractivity contribution in [1.82, 2.24) is 9.13 Å². The van der Waals surface area contributed by atoms with Crippen LogP contribution in [0.25, 0.3) is 99.5 Å². The molecule has 15 aromatic rings. The van der Waals surface area contributed by atoms with E-state index in [1.54, 1.807) is 0 Å². The number of hydrogen-bond acceptors (Lipinski definition) is 2. The lowest BCUT2D eigenvalue weighted by Crippen LogP contribution is -2.61. The van der Waals surface area contributed by atoms with Gasteiger partial charge in [0.05, 0.1) is 33.2 Å². The van der Waals surface area contributed by atoms with Gasteiger partial charge >= 0.3 is 0 Å². The predicted molar refractivity (Wildman–Crippen MR) is 407 cm³/mol. The maximum atomic E-state index is 9.94. The third-order valence-electron chi connectivity index (χ3n) is 20.0. The minimum absolute atomic E-state index is 0.0747. The SMILES string of the molecule is [2H]c1c([2H])c([2H])c2c(c1[2H])c1cc(-n3c4ccccc4c4ccccc43)ccc1n2-c1ccc2c(c1)N(c1cccc(-c3ccccc3)c1)c1cc(C(C)(C)C)cc3c1B2c1ccc(-c2cc(C(C)(C)C)cc(C(C)(C)C)c2)cc1N3c1c(-c2ccccc2)cccc1-c1ccccc1. The van der Waals surface area contributed by atoms with Gasteiger partial charge in [0, 0.05) is 72.5 Å². The summed E-state index contributed by atoms with van der Waals surface area (Å²) in [6, 6.07) is 97.0. The molecule has 0 N–H and O–H groups in total. The topological polar surface area (TPSA) is 16.3 Å². The van der Waals surface area contributed by atoms with E-state index in [0.29, 0.717) is 10.9 Å². The van der Waals surface area contributed by atoms with Crippen LogP contribution in [0.5, 0.6) is 0 Å². The van der Waals surface area contributed by atoms with Gasteiger partial charge in [-0.25, -0.2) is 0 Å². The Kier molecular flexibility index (Phi) is 12.3. The van der Waals surface area contributed by atoms with Gasteiger partial charge in [-0.3, -0.25) is 0 Å². The molecule has 0 aliphatic carbocycles. The van der Waals surface area contributed by atoms with Crippen molar-refractivity contribution in [2.24, 2.45) is 0 Å². The maximum Gasteiger partial charge on any atom is 0.252 e. The van der Waals surface area contributed by atoms with Crippen LogP contribution in [-0.2, 0) is 16.2 Å². The van der Waals surface area contributed by atoms with E-state index in [4.69, 9.17) is 0 Å². The van der Waals surface area contributed by atoms with Gasteiger partial charge < -0.3 is 18.9 Å². The van der Waals surface area contributed by atoms with Crippen LogP contribution in [0.1, 0.15) is 84.5 Å². The van der Waals surface area contributed by atoms with Gasteiger partial charge in [-0.15, -0.1) is 0 Å². The number of aromatic nitrogens is 2. The van der Waals surface area contributed by atoms with E-state index in [0.717, 1.165) is 128 Å². The van der Waals surface area contributed by atoms with E-state index in [1.165, 1.54) is 27.7 Å². The lowest BCUT2D eigenvalue weighted by atomic mass is 9.33. The van der Waals surface area contributed by atoms with Gasteiger partial charge in [0.25, 0.3) is 6.71 Å². The molecule has 2 aliphatic rings. The zero-order valence-electron chi connectivity index (χ0n) is 59.3. The largest absolute Gasteiger partial charge is 0.311 e. The highest BCUT2D eigenvalue weighted by atomic mass is 15.2. The highest BCUT2D eigenvalue weighted by molar-refractivity contribution is 7.00. The molecule has 17 rings (SSSR count). The Morgan fingerprint density at radius 2 is 0.768 bits per heavy atom. The van der Waals surface area contributed by atoms with Crippen molar-refractivity contribution in [3.63, 3.8) is 0 Å². The molecule has 4 heterocycles. The number of fused-ring (bicyclic) bond motifs is 10. The standard InChI is InChI=1S/C90H75BN4/c1-88(2,3)64-49-63(50-65(53-64)89(4,5)6)62-43-46-76-82(52-62)95(87-70(59-29-15-11-16-30-59)38-26-39-71(87)60-31-17-12-18-32-60)85-55-66(90(7,8)9)54-84-86(85)91(76)77-47-44-69(57-83(77)94(84)67-34-25-33-61(51-67)58-27-13-10-14-28-58)93-80-42-24-21-37-74(80)75-56-68(45-48-81(75)93)92-78-40-22-19-35-72(78)73-36-20-23-41-79(73)92/h10-57H,1-9H3/i21D,24D,37D,42D. The molecule has 0 amide bonds. The normalized spacial score (nSPS) is 13.6. The summed E-state index contributed by atoms with van der Waals surface area (Å²) in [5, 5.41) is 3.48. The Labute approximate surface area is 564 Å². The fourth-order valence-corrected chi connectivity index (χ4v) is 15.2. The quantitative estimate of drug-likeness (QED) is 0.141. The number of hydrogen-bond donors (Lipinski definition) is 0.